The molecule has 0 aliphatic heterocycles. The Labute approximate surface area is 122 Å². The minimum Gasteiger partial charge on any atom is -0.478 e. The van der Waals surface area contributed by atoms with Crippen LogP contribution in [0.1, 0.15) is 39.5 Å². The summed E-state index contributed by atoms with van der Waals surface area (Å²) in [7, 11) is 0. The fourth-order valence-corrected chi connectivity index (χ4v) is 1.65. The molecule has 0 bridgehead atoms. The van der Waals surface area contributed by atoms with Crippen LogP contribution in [0.25, 0.3) is 0 Å². The molecule has 0 spiro atoms. The molecule has 1 rings (SSSR count). The van der Waals surface area contributed by atoms with Gasteiger partial charge in [-0.2, -0.15) is 4.98 Å². The van der Waals surface area contributed by atoms with Crippen LogP contribution in [0.5, 0.6) is 11.8 Å². The number of hydrogen-bond donors (Lipinski definition) is 0. The largest absolute Gasteiger partial charge is 0.478 e. The second kappa shape index (κ2) is 11.1. The molecule has 3 nitrogen and oxygen atoms in total. The highest BCUT2D eigenvalue weighted by Gasteiger charge is 1.99. The van der Waals surface area contributed by atoms with Crippen molar-refractivity contribution in [2.24, 2.45) is 0 Å². The Bertz CT molecular complexity index is 378. The molecule has 0 N–H and O–H groups in total. The number of ether oxygens (including phenoxy) is 2. The third-order valence-electron chi connectivity index (χ3n) is 2.70. The van der Waals surface area contributed by atoms with Crippen LogP contribution in [-0.4, -0.2) is 18.2 Å². The molecule has 0 amide bonds. The van der Waals surface area contributed by atoms with E-state index < -0.39 is 0 Å². The van der Waals surface area contributed by atoms with Crippen LogP contribution in [0.3, 0.4) is 0 Å². The molecule has 1 heterocycles. The lowest BCUT2D eigenvalue weighted by Gasteiger charge is -2.07. The van der Waals surface area contributed by atoms with Crippen molar-refractivity contribution in [2.75, 3.05) is 13.2 Å². The van der Waals surface area contributed by atoms with Gasteiger partial charge in [0.05, 0.1) is 13.2 Å². The fourth-order valence-electron chi connectivity index (χ4n) is 1.65. The molecule has 3 heteroatoms. The summed E-state index contributed by atoms with van der Waals surface area (Å²) in [6.07, 6.45) is 12.5. The van der Waals surface area contributed by atoms with Gasteiger partial charge in [0.2, 0.25) is 11.8 Å². The molecule has 0 unspecified atom stereocenters. The molecule has 1 aromatic rings. The van der Waals surface area contributed by atoms with E-state index in [1.807, 2.05) is 32.0 Å². The first kappa shape index (κ1) is 16.3. The molecule has 0 radical (unpaired) electrons. The SMILES string of the molecule is C/C=C/CCCOc1cccc(OCCC/C=C/C)n1. The number of nitrogens with zero attached hydrogens (tertiary/aromatic N) is 1. The van der Waals surface area contributed by atoms with Crippen LogP contribution in [0, 0.1) is 0 Å². The van der Waals surface area contributed by atoms with E-state index in [-0.39, 0.29) is 0 Å². The van der Waals surface area contributed by atoms with Crippen LogP contribution in [0.15, 0.2) is 42.5 Å². The van der Waals surface area contributed by atoms with E-state index in [0.717, 1.165) is 25.7 Å². The number of pyridine rings is 1. The van der Waals surface area contributed by atoms with E-state index in [4.69, 9.17) is 9.47 Å². The first-order valence-electron chi connectivity index (χ1n) is 7.31. The van der Waals surface area contributed by atoms with Crippen LogP contribution in [0.2, 0.25) is 0 Å². The zero-order valence-corrected chi connectivity index (χ0v) is 12.5. The van der Waals surface area contributed by atoms with Gasteiger partial charge in [-0.3, -0.25) is 0 Å². The molecule has 0 saturated heterocycles. The first-order valence-corrected chi connectivity index (χ1v) is 7.31. The van der Waals surface area contributed by atoms with Gasteiger partial charge in [-0.25, -0.2) is 0 Å². The number of hydrogen-bond acceptors (Lipinski definition) is 3. The van der Waals surface area contributed by atoms with Crippen molar-refractivity contribution in [3.8, 4) is 11.8 Å². The van der Waals surface area contributed by atoms with Gasteiger partial charge in [-0.1, -0.05) is 30.4 Å². The standard InChI is InChI=1S/C17H25NO2/c1-3-5-7-9-14-19-16-12-11-13-17(18-16)20-15-10-8-6-4-2/h3-6,11-13H,7-10,14-15H2,1-2H3/b5-3+,6-4+. The molecule has 0 aliphatic rings. The van der Waals surface area contributed by atoms with Gasteiger partial charge in [0.1, 0.15) is 0 Å². The fraction of sp³-hybridized carbons (Fsp3) is 0.471. The molecule has 0 aliphatic carbocycles. The van der Waals surface area contributed by atoms with Gasteiger partial charge in [0.15, 0.2) is 0 Å². The van der Waals surface area contributed by atoms with Crippen molar-refractivity contribution < 1.29 is 9.47 Å². The lowest BCUT2D eigenvalue weighted by Crippen LogP contribution is -2.02. The maximum absolute atomic E-state index is 5.60. The van der Waals surface area contributed by atoms with Crippen LogP contribution in [-0.2, 0) is 0 Å². The highest BCUT2D eigenvalue weighted by atomic mass is 16.5. The normalized spacial score (nSPS) is 11.3. The monoisotopic (exact) mass is 275 g/mol. The summed E-state index contributed by atoms with van der Waals surface area (Å²) in [6.45, 7) is 5.42. The predicted molar refractivity (Wildman–Crippen MR) is 83.3 cm³/mol. The summed E-state index contributed by atoms with van der Waals surface area (Å²) in [6, 6.07) is 5.64. The Kier molecular flexibility index (Phi) is 9.03. The Hall–Kier alpha value is -1.77. The van der Waals surface area contributed by atoms with E-state index in [0.29, 0.717) is 25.0 Å². The summed E-state index contributed by atoms with van der Waals surface area (Å²) < 4.78 is 11.2. The van der Waals surface area contributed by atoms with Gasteiger partial charge in [-0.05, 0) is 39.5 Å². The molecule has 110 valence electrons. The Morgan fingerprint density at radius 2 is 1.40 bits per heavy atom. The number of aromatic nitrogens is 1. The van der Waals surface area contributed by atoms with Gasteiger partial charge in [0, 0.05) is 12.1 Å². The van der Waals surface area contributed by atoms with Crippen molar-refractivity contribution in [1.29, 1.82) is 0 Å². The van der Waals surface area contributed by atoms with Crippen LogP contribution in [0.4, 0.5) is 0 Å². The average Bonchev–Trinajstić information content (AvgIpc) is 2.47. The first-order chi connectivity index (χ1) is 9.86. The molecular weight excluding hydrogens is 250 g/mol. The van der Waals surface area contributed by atoms with Crippen LogP contribution >= 0.6 is 0 Å². The van der Waals surface area contributed by atoms with Gasteiger partial charge < -0.3 is 9.47 Å². The van der Waals surface area contributed by atoms with E-state index in [1.165, 1.54) is 0 Å². The highest BCUT2D eigenvalue weighted by Crippen LogP contribution is 2.14. The summed E-state index contributed by atoms with van der Waals surface area (Å²) in [5.74, 6) is 1.27. The molecular formula is C17H25NO2. The minimum absolute atomic E-state index is 0.636. The Morgan fingerprint density at radius 3 is 1.85 bits per heavy atom. The van der Waals surface area contributed by atoms with E-state index >= 15 is 0 Å². The van der Waals surface area contributed by atoms with Crippen molar-refractivity contribution in [3.63, 3.8) is 0 Å². The molecule has 0 atom stereocenters. The topological polar surface area (TPSA) is 31.4 Å². The average molecular weight is 275 g/mol. The van der Waals surface area contributed by atoms with Crippen LogP contribution < -0.4 is 9.47 Å². The third kappa shape index (κ3) is 7.62. The maximum Gasteiger partial charge on any atom is 0.216 e. The highest BCUT2D eigenvalue weighted by molar-refractivity contribution is 5.19. The lowest BCUT2D eigenvalue weighted by molar-refractivity contribution is 0.275. The number of allylic oxidation sites excluding steroid dienone is 4. The minimum atomic E-state index is 0.636. The van der Waals surface area contributed by atoms with Gasteiger partial charge in [-0.15, -0.1) is 0 Å². The molecule has 0 aromatic carbocycles. The summed E-state index contributed by atoms with van der Waals surface area (Å²) in [4.78, 5) is 4.33. The van der Waals surface area contributed by atoms with Crippen molar-refractivity contribution >= 4 is 0 Å². The van der Waals surface area contributed by atoms with Crippen molar-refractivity contribution in [3.05, 3.63) is 42.5 Å². The van der Waals surface area contributed by atoms with Crippen molar-refractivity contribution in [1.82, 2.24) is 4.98 Å². The van der Waals surface area contributed by atoms with Crippen molar-refractivity contribution in [2.45, 2.75) is 39.5 Å². The second-order valence-corrected chi connectivity index (χ2v) is 4.43. The molecule has 0 fully saturated rings. The molecule has 1 aromatic heterocycles. The quantitative estimate of drug-likeness (QED) is 0.463. The van der Waals surface area contributed by atoms with E-state index in [1.54, 1.807) is 0 Å². The predicted octanol–water partition coefficient (Wildman–Crippen LogP) is 4.55. The maximum atomic E-state index is 5.60. The Balaban J connectivity index is 2.26. The van der Waals surface area contributed by atoms with Gasteiger partial charge in [0.25, 0.3) is 0 Å². The second-order valence-electron chi connectivity index (χ2n) is 4.43. The summed E-state index contributed by atoms with van der Waals surface area (Å²) in [5.41, 5.74) is 0. The van der Waals surface area contributed by atoms with E-state index in [9.17, 15) is 0 Å². The van der Waals surface area contributed by atoms with E-state index in [2.05, 4.69) is 29.3 Å². The third-order valence-corrected chi connectivity index (χ3v) is 2.70. The Morgan fingerprint density at radius 1 is 0.900 bits per heavy atom. The summed E-state index contributed by atoms with van der Waals surface area (Å²) >= 11 is 0. The molecule has 0 saturated carbocycles. The molecule has 20 heavy (non-hydrogen) atoms. The lowest BCUT2D eigenvalue weighted by atomic mass is 10.3. The van der Waals surface area contributed by atoms with Gasteiger partial charge >= 0.3 is 0 Å². The summed E-state index contributed by atoms with van der Waals surface area (Å²) in [5, 5.41) is 0. The zero-order valence-electron chi connectivity index (χ0n) is 12.5. The smallest absolute Gasteiger partial charge is 0.216 e. The number of rotatable bonds is 10. The zero-order chi connectivity index (χ0) is 14.5. The number of unbranched alkanes of at least 4 members (excludes halogenated alkanes) is 2.